The predicted molar refractivity (Wildman–Crippen MR) is 155 cm³/mol. The van der Waals surface area contributed by atoms with E-state index in [0.29, 0.717) is 12.5 Å². The number of ether oxygens (including phenoxy) is 1. The Labute approximate surface area is 232 Å². The number of aromatic hydroxyl groups is 1. The van der Waals surface area contributed by atoms with Crippen molar-refractivity contribution in [2.75, 3.05) is 39.4 Å². The topological polar surface area (TPSA) is 97.5 Å². The van der Waals surface area contributed by atoms with Gasteiger partial charge < -0.3 is 24.7 Å². The van der Waals surface area contributed by atoms with Crippen LogP contribution in [0.4, 0.5) is 0 Å². The molecule has 8 nitrogen and oxygen atoms in total. The van der Waals surface area contributed by atoms with E-state index in [1.807, 2.05) is 29.4 Å². The minimum atomic E-state index is -0.184. The third-order valence-electron chi connectivity index (χ3n) is 8.39. The van der Waals surface area contributed by atoms with Gasteiger partial charge in [-0.2, -0.15) is 0 Å². The number of phenolic OH excluding ortho intramolecular Hbond substituents is 1. The van der Waals surface area contributed by atoms with Gasteiger partial charge in [-0.3, -0.25) is 9.69 Å². The molecule has 4 heterocycles. The monoisotopic (exact) mass is 535 g/mol. The maximum absolute atomic E-state index is 13.8. The number of fused-ring (bicyclic) bond motifs is 2. The number of nitrogens with one attached hydrogen (secondary N) is 2. The number of aromatic nitrogens is 3. The van der Waals surface area contributed by atoms with Crippen molar-refractivity contribution < 1.29 is 14.6 Å². The molecule has 2 fully saturated rings. The number of aromatic amines is 2. The average Bonchev–Trinajstić information content (AvgIpc) is 3.75. The lowest BCUT2D eigenvalue weighted by atomic mass is 10.0. The Bertz CT molecular complexity index is 1670. The molecule has 204 valence electrons. The molecule has 0 saturated carbocycles. The van der Waals surface area contributed by atoms with Gasteiger partial charge in [0.1, 0.15) is 17.6 Å². The molecule has 7 rings (SSSR count). The van der Waals surface area contributed by atoms with Gasteiger partial charge >= 0.3 is 0 Å². The van der Waals surface area contributed by atoms with E-state index in [1.54, 1.807) is 12.1 Å². The summed E-state index contributed by atoms with van der Waals surface area (Å²) in [7, 11) is 0. The molecule has 2 unspecified atom stereocenters. The summed E-state index contributed by atoms with van der Waals surface area (Å²) in [5.74, 6) is 1.59. The molecule has 8 heteroatoms. The number of rotatable bonds is 6. The van der Waals surface area contributed by atoms with Crippen LogP contribution in [0.25, 0.3) is 32.9 Å². The molecule has 0 aliphatic carbocycles. The third kappa shape index (κ3) is 4.85. The summed E-state index contributed by atoms with van der Waals surface area (Å²) in [6.45, 7) is 4.80. The SMILES string of the molecule is O=C(Cc1c[nH]c2ccc(O)cc12)N1CCN(CC2CCOC2)CC1c1ncc(-c2ccc3ccccc3c2)[nH]1. The largest absolute Gasteiger partial charge is 0.508 e. The first-order valence-electron chi connectivity index (χ1n) is 14.0. The Morgan fingerprint density at radius 3 is 2.85 bits per heavy atom. The molecule has 1 amide bonds. The van der Waals surface area contributed by atoms with Crippen molar-refractivity contribution in [3.05, 3.63) is 84.4 Å². The van der Waals surface area contributed by atoms with Gasteiger partial charge in [-0.15, -0.1) is 0 Å². The minimum Gasteiger partial charge on any atom is -0.508 e. The fraction of sp³-hybridized carbons (Fsp3) is 0.312. The summed E-state index contributed by atoms with van der Waals surface area (Å²) < 4.78 is 5.62. The van der Waals surface area contributed by atoms with E-state index in [-0.39, 0.29) is 24.1 Å². The molecule has 2 aromatic heterocycles. The van der Waals surface area contributed by atoms with Gasteiger partial charge in [0.05, 0.1) is 24.9 Å². The first-order chi connectivity index (χ1) is 19.6. The van der Waals surface area contributed by atoms with Crippen LogP contribution in [0.15, 0.2) is 73.1 Å². The Hall–Kier alpha value is -4.14. The van der Waals surface area contributed by atoms with Gasteiger partial charge in [-0.25, -0.2) is 4.98 Å². The quantitative estimate of drug-likeness (QED) is 0.288. The first-order valence-corrected chi connectivity index (χ1v) is 14.0. The van der Waals surface area contributed by atoms with Crippen molar-refractivity contribution >= 4 is 27.6 Å². The van der Waals surface area contributed by atoms with Crippen LogP contribution in [0.5, 0.6) is 5.75 Å². The number of benzene rings is 3. The number of hydrogen-bond donors (Lipinski definition) is 3. The van der Waals surface area contributed by atoms with Crippen LogP contribution in [-0.2, 0) is 16.0 Å². The van der Waals surface area contributed by atoms with Gasteiger partial charge in [0.25, 0.3) is 0 Å². The highest BCUT2D eigenvalue weighted by Gasteiger charge is 2.35. The second kappa shape index (κ2) is 10.4. The number of amides is 1. The highest BCUT2D eigenvalue weighted by molar-refractivity contribution is 5.90. The van der Waals surface area contributed by atoms with Crippen LogP contribution in [0.3, 0.4) is 0 Å². The van der Waals surface area contributed by atoms with Crippen LogP contribution in [-0.4, -0.2) is 75.2 Å². The lowest BCUT2D eigenvalue weighted by molar-refractivity contribution is -0.136. The number of piperazine rings is 1. The Morgan fingerprint density at radius 2 is 1.98 bits per heavy atom. The summed E-state index contributed by atoms with van der Waals surface area (Å²) in [4.78, 5) is 29.9. The fourth-order valence-corrected chi connectivity index (χ4v) is 6.22. The van der Waals surface area contributed by atoms with Gasteiger partial charge in [-0.1, -0.05) is 36.4 Å². The number of carbonyl (C=O) groups excluding carboxylic acids is 1. The second-order valence-corrected chi connectivity index (χ2v) is 11.1. The van der Waals surface area contributed by atoms with Crippen LogP contribution in [0.1, 0.15) is 23.9 Å². The summed E-state index contributed by atoms with van der Waals surface area (Å²) in [6.07, 6.45) is 5.10. The summed E-state index contributed by atoms with van der Waals surface area (Å²) in [5.41, 5.74) is 3.81. The maximum atomic E-state index is 13.8. The van der Waals surface area contributed by atoms with E-state index >= 15 is 0 Å². The normalized spacial score (nSPS) is 20.1. The molecule has 2 aliphatic heterocycles. The number of phenols is 1. The first kappa shape index (κ1) is 24.9. The molecule has 0 radical (unpaired) electrons. The Kier molecular flexibility index (Phi) is 6.49. The van der Waals surface area contributed by atoms with Crippen molar-refractivity contribution in [2.24, 2.45) is 5.92 Å². The average molecular weight is 536 g/mol. The number of imidazole rings is 1. The maximum Gasteiger partial charge on any atom is 0.227 e. The zero-order valence-electron chi connectivity index (χ0n) is 22.3. The summed E-state index contributed by atoms with van der Waals surface area (Å²) in [5, 5.41) is 13.3. The number of hydrogen-bond acceptors (Lipinski definition) is 5. The Balaban J connectivity index is 1.17. The van der Waals surface area contributed by atoms with Crippen molar-refractivity contribution in [3.63, 3.8) is 0 Å². The molecule has 0 spiro atoms. The van der Waals surface area contributed by atoms with E-state index in [9.17, 15) is 9.90 Å². The van der Waals surface area contributed by atoms with Crippen molar-refractivity contribution in [2.45, 2.75) is 18.9 Å². The van der Waals surface area contributed by atoms with Crippen molar-refractivity contribution in [1.82, 2.24) is 24.8 Å². The standard InChI is InChI=1S/C32H33N5O3/c38-26-7-8-28-27(15-26)25(16-33-28)14-31(39)37-11-10-36(18-21-9-12-40-20-21)19-30(37)32-34-17-29(35-32)24-6-5-22-3-1-2-4-23(22)13-24/h1-8,13,15-17,21,30,33,38H,9-12,14,18-20H2,(H,34,35). The fourth-order valence-electron chi connectivity index (χ4n) is 6.22. The highest BCUT2D eigenvalue weighted by Crippen LogP contribution is 2.30. The van der Waals surface area contributed by atoms with E-state index in [2.05, 4.69) is 51.3 Å². The van der Waals surface area contributed by atoms with Gasteiger partial charge in [0.2, 0.25) is 5.91 Å². The number of H-pyrrole nitrogens is 2. The smallest absolute Gasteiger partial charge is 0.227 e. The highest BCUT2D eigenvalue weighted by atomic mass is 16.5. The van der Waals surface area contributed by atoms with Crippen molar-refractivity contribution in [3.8, 4) is 17.0 Å². The lowest BCUT2D eigenvalue weighted by Crippen LogP contribution is -2.52. The van der Waals surface area contributed by atoms with Gasteiger partial charge in [0.15, 0.2) is 0 Å². The predicted octanol–water partition coefficient (Wildman–Crippen LogP) is 4.88. The minimum absolute atomic E-state index is 0.0572. The van der Waals surface area contributed by atoms with Crippen molar-refractivity contribution in [1.29, 1.82) is 0 Å². The van der Waals surface area contributed by atoms with Crippen LogP contribution < -0.4 is 0 Å². The molecular weight excluding hydrogens is 502 g/mol. The second-order valence-electron chi connectivity index (χ2n) is 11.1. The zero-order valence-corrected chi connectivity index (χ0v) is 22.3. The number of carbonyl (C=O) groups is 1. The van der Waals surface area contributed by atoms with Gasteiger partial charge in [-0.05, 0) is 52.9 Å². The summed E-state index contributed by atoms with van der Waals surface area (Å²) >= 11 is 0. The zero-order chi connectivity index (χ0) is 27.1. The van der Waals surface area contributed by atoms with Crippen LogP contribution in [0, 0.1) is 5.92 Å². The van der Waals surface area contributed by atoms with E-state index < -0.39 is 0 Å². The van der Waals surface area contributed by atoms with Crippen LogP contribution >= 0.6 is 0 Å². The molecule has 5 aromatic rings. The molecule has 3 aromatic carbocycles. The number of nitrogens with zero attached hydrogens (tertiary/aromatic N) is 3. The van der Waals surface area contributed by atoms with Gasteiger partial charge in [0, 0.05) is 55.4 Å². The molecule has 2 aliphatic rings. The van der Waals surface area contributed by atoms with E-state index in [4.69, 9.17) is 9.72 Å². The van der Waals surface area contributed by atoms with E-state index in [0.717, 1.165) is 72.8 Å². The molecule has 2 saturated heterocycles. The molecule has 3 N–H and O–H groups in total. The van der Waals surface area contributed by atoms with E-state index in [1.165, 1.54) is 10.8 Å². The summed E-state index contributed by atoms with van der Waals surface area (Å²) in [6, 6.07) is 19.8. The molecule has 0 bridgehead atoms. The lowest BCUT2D eigenvalue weighted by Gasteiger charge is -2.41. The molecule has 2 atom stereocenters. The molecule has 40 heavy (non-hydrogen) atoms. The van der Waals surface area contributed by atoms with Crippen LogP contribution in [0.2, 0.25) is 0 Å². The Morgan fingerprint density at radius 1 is 1.07 bits per heavy atom. The third-order valence-corrected chi connectivity index (χ3v) is 8.39. The molecular formula is C32H33N5O3.